The van der Waals surface area contributed by atoms with Gasteiger partial charge in [0.1, 0.15) is 5.75 Å². The van der Waals surface area contributed by atoms with Gasteiger partial charge in [0.05, 0.1) is 25.7 Å². The standard InChI is InChI=1S/C16H25NO3/c1-6-16(17(3)4,12-15(18)20-7-2)13-8-10-14(19-5)11-9-13/h8-11H,6-7,12H2,1-5H3. The lowest BCUT2D eigenvalue weighted by Crippen LogP contribution is -2.43. The number of benzene rings is 1. The third kappa shape index (κ3) is 3.51. The molecule has 0 heterocycles. The van der Waals surface area contributed by atoms with Gasteiger partial charge in [0, 0.05) is 0 Å². The molecule has 0 amide bonds. The molecule has 1 aromatic carbocycles. The third-order valence-electron chi connectivity index (χ3n) is 3.81. The summed E-state index contributed by atoms with van der Waals surface area (Å²) < 4.78 is 10.3. The molecule has 0 saturated heterocycles. The zero-order chi connectivity index (χ0) is 15.2. The van der Waals surface area contributed by atoms with Gasteiger partial charge in [-0.2, -0.15) is 0 Å². The quantitative estimate of drug-likeness (QED) is 0.719. The number of hydrogen-bond donors (Lipinski definition) is 0. The van der Waals surface area contributed by atoms with Crippen LogP contribution in [-0.4, -0.2) is 38.7 Å². The molecule has 0 N–H and O–H groups in total. The molecule has 0 aromatic heterocycles. The maximum atomic E-state index is 11.9. The molecule has 0 saturated carbocycles. The zero-order valence-electron chi connectivity index (χ0n) is 13.1. The van der Waals surface area contributed by atoms with E-state index in [1.165, 1.54) is 0 Å². The SMILES string of the molecule is CCOC(=O)CC(CC)(c1ccc(OC)cc1)N(C)C. The largest absolute Gasteiger partial charge is 0.497 e. The molecule has 1 aromatic rings. The Morgan fingerprint density at radius 2 is 1.80 bits per heavy atom. The van der Waals surface area contributed by atoms with Crippen LogP contribution in [0.5, 0.6) is 5.75 Å². The molecule has 0 aliphatic rings. The molecular weight excluding hydrogens is 254 g/mol. The lowest BCUT2D eigenvalue weighted by molar-refractivity contribution is -0.146. The van der Waals surface area contributed by atoms with Crippen LogP contribution in [0.15, 0.2) is 24.3 Å². The van der Waals surface area contributed by atoms with Crippen molar-refractivity contribution in [3.63, 3.8) is 0 Å². The smallest absolute Gasteiger partial charge is 0.308 e. The predicted octanol–water partition coefficient (Wildman–Crippen LogP) is 2.82. The van der Waals surface area contributed by atoms with Gasteiger partial charge in [0.15, 0.2) is 0 Å². The maximum absolute atomic E-state index is 11.9. The minimum atomic E-state index is -0.349. The summed E-state index contributed by atoms with van der Waals surface area (Å²) in [4.78, 5) is 14.0. The zero-order valence-corrected chi connectivity index (χ0v) is 13.1. The average molecular weight is 279 g/mol. The Morgan fingerprint density at radius 3 is 2.20 bits per heavy atom. The molecule has 0 radical (unpaired) electrons. The van der Waals surface area contributed by atoms with Gasteiger partial charge < -0.3 is 9.47 Å². The molecule has 112 valence electrons. The fourth-order valence-electron chi connectivity index (χ4n) is 2.52. The summed E-state index contributed by atoms with van der Waals surface area (Å²) in [5, 5.41) is 0. The van der Waals surface area contributed by atoms with E-state index in [2.05, 4.69) is 11.8 Å². The summed E-state index contributed by atoms with van der Waals surface area (Å²) in [6, 6.07) is 7.88. The molecule has 0 bridgehead atoms. The van der Waals surface area contributed by atoms with E-state index in [-0.39, 0.29) is 11.5 Å². The molecule has 1 atom stereocenters. The molecule has 0 spiro atoms. The van der Waals surface area contributed by atoms with Gasteiger partial charge in [-0.3, -0.25) is 9.69 Å². The molecule has 4 nitrogen and oxygen atoms in total. The monoisotopic (exact) mass is 279 g/mol. The van der Waals surface area contributed by atoms with Gasteiger partial charge in [-0.25, -0.2) is 0 Å². The van der Waals surface area contributed by atoms with Crippen molar-refractivity contribution >= 4 is 5.97 Å². The summed E-state index contributed by atoms with van der Waals surface area (Å²) in [6.45, 7) is 4.33. The Hall–Kier alpha value is -1.55. The van der Waals surface area contributed by atoms with Crippen molar-refractivity contribution in [2.75, 3.05) is 27.8 Å². The first kappa shape index (κ1) is 16.5. The Morgan fingerprint density at radius 1 is 1.20 bits per heavy atom. The lowest BCUT2D eigenvalue weighted by atomic mass is 9.83. The normalized spacial score (nSPS) is 13.9. The summed E-state index contributed by atoms with van der Waals surface area (Å²) >= 11 is 0. The summed E-state index contributed by atoms with van der Waals surface area (Å²) in [5.74, 6) is 0.646. The fraction of sp³-hybridized carbons (Fsp3) is 0.562. The third-order valence-corrected chi connectivity index (χ3v) is 3.81. The van der Waals surface area contributed by atoms with Crippen molar-refractivity contribution < 1.29 is 14.3 Å². The van der Waals surface area contributed by atoms with Crippen molar-refractivity contribution in [1.29, 1.82) is 0 Å². The molecule has 20 heavy (non-hydrogen) atoms. The van der Waals surface area contributed by atoms with Crippen LogP contribution in [0.3, 0.4) is 0 Å². The van der Waals surface area contributed by atoms with Crippen LogP contribution < -0.4 is 4.74 Å². The van der Waals surface area contributed by atoms with E-state index in [1.807, 2.05) is 45.3 Å². The minimum Gasteiger partial charge on any atom is -0.497 e. The van der Waals surface area contributed by atoms with Crippen molar-refractivity contribution in [2.45, 2.75) is 32.2 Å². The van der Waals surface area contributed by atoms with Crippen LogP contribution in [0.25, 0.3) is 0 Å². The second-order valence-corrected chi connectivity index (χ2v) is 4.99. The highest BCUT2D eigenvalue weighted by Crippen LogP contribution is 2.35. The van der Waals surface area contributed by atoms with Gasteiger partial charge in [-0.1, -0.05) is 19.1 Å². The van der Waals surface area contributed by atoms with E-state index in [0.717, 1.165) is 17.7 Å². The lowest BCUT2D eigenvalue weighted by Gasteiger charge is -2.39. The number of hydrogen-bond acceptors (Lipinski definition) is 4. The number of methoxy groups -OCH3 is 1. The Labute approximate surface area is 121 Å². The molecule has 0 aliphatic heterocycles. The second-order valence-electron chi connectivity index (χ2n) is 4.99. The van der Waals surface area contributed by atoms with Crippen molar-refractivity contribution in [3.8, 4) is 5.75 Å². The van der Waals surface area contributed by atoms with Crippen LogP contribution in [0.1, 0.15) is 32.3 Å². The number of carbonyl (C=O) groups excluding carboxylic acids is 1. The van der Waals surface area contributed by atoms with E-state index < -0.39 is 0 Å². The number of carbonyl (C=O) groups is 1. The van der Waals surface area contributed by atoms with E-state index in [0.29, 0.717) is 13.0 Å². The number of ether oxygens (including phenoxy) is 2. The van der Waals surface area contributed by atoms with Gasteiger partial charge in [-0.15, -0.1) is 0 Å². The van der Waals surface area contributed by atoms with Crippen LogP contribution in [0.4, 0.5) is 0 Å². The summed E-state index contributed by atoms with van der Waals surface area (Å²) in [5.41, 5.74) is 0.747. The molecular formula is C16H25NO3. The van der Waals surface area contributed by atoms with E-state index in [1.54, 1.807) is 7.11 Å². The van der Waals surface area contributed by atoms with Gasteiger partial charge in [-0.05, 0) is 45.1 Å². The maximum Gasteiger partial charge on any atom is 0.308 e. The molecule has 1 rings (SSSR count). The van der Waals surface area contributed by atoms with Gasteiger partial charge >= 0.3 is 5.97 Å². The molecule has 1 unspecified atom stereocenters. The van der Waals surface area contributed by atoms with E-state index in [4.69, 9.17) is 9.47 Å². The van der Waals surface area contributed by atoms with E-state index in [9.17, 15) is 4.79 Å². The Bertz CT molecular complexity index is 428. The highest BCUT2D eigenvalue weighted by molar-refractivity contribution is 5.71. The summed E-state index contributed by atoms with van der Waals surface area (Å²) in [7, 11) is 5.63. The van der Waals surface area contributed by atoms with Crippen LogP contribution in [0, 0.1) is 0 Å². The number of nitrogens with zero attached hydrogens (tertiary/aromatic N) is 1. The Balaban J connectivity index is 3.11. The van der Waals surface area contributed by atoms with Gasteiger partial charge in [0.2, 0.25) is 0 Å². The fourth-order valence-corrected chi connectivity index (χ4v) is 2.52. The van der Waals surface area contributed by atoms with Crippen LogP contribution in [-0.2, 0) is 15.1 Å². The van der Waals surface area contributed by atoms with E-state index >= 15 is 0 Å². The first-order valence-corrected chi connectivity index (χ1v) is 6.97. The number of esters is 1. The highest BCUT2D eigenvalue weighted by Gasteiger charge is 2.35. The summed E-state index contributed by atoms with van der Waals surface area (Å²) in [6.07, 6.45) is 1.17. The van der Waals surface area contributed by atoms with Crippen LogP contribution in [0.2, 0.25) is 0 Å². The molecule has 0 aliphatic carbocycles. The highest BCUT2D eigenvalue weighted by atomic mass is 16.5. The first-order chi connectivity index (χ1) is 9.50. The van der Waals surface area contributed by atoms with Crippen molar-refractivity contribution in [2.24, 2.45) is 0 Å². The first-order valence-electron chi connectivity index (χ1n) is 6.97. The predicted molar refractivity (Wildman–Crippen MR) is 79.9 cm³/mol. The topological polar surface area (TPSA) is 38.8 Å². The minimum absolute atomic E-state index is 0.168. The van der Waals surface area contributed by atoms with Crippen LogP contribution >= 0.6 is 0 Å². The second kappa shape index (κ2) is 7.29. The molecule has 0 fully saturated rings. The molecule has 4 heteroatoms. The average Bonchev–Trinajstić information content (AvgIpc) is 2.45. The van der Waals surface area contributed by atoms with Gasteiger partial charge in [0.25, 0.3) is 0 Å². The van der Waals surface area contributed by atoms with Crippen molar-refractivity contribution in [3.05, 3.63) is 29.8 Å². The van der Waals surface area contributed by atoms with Crippen molar-refractivity contribution in [1.82, 2.24) is 4.90 Å². The number of rotatable bonds is 7. The Kier molecular flexibility index (Phi) is 6.02.